The lowest BCUT2D eigenvalue weighted by Crippen LogP contribution is -2.21. The first-order valence-electron chi connectivity index (χ1n) is 4.77. The first kappa shape index (κ1) is 10.6. The van der Waals surface area contributed by atoms with E-state index in [9.17, 15) is 4.79 Å². The molecule has 0 heterocycles. The summed E-state index contributed by atoms with van der Waals surface area (Å²) in [7, 11) is 0. The van der Waals surface area contributed by atoms with Gasteiger partial charge in [-0.25, -0.2) is 0 Å². The van der Waals surface area contributed by atoms with Gasteiger partial charge in [0.25, 0.3) is 0 Å². The van der Waals surface area contributed by atoms with Crippen LogP contribution in [0.3, 0.4) is 0 Å². The Balaban J connectivity index is 2.41. The SMILES string of the molecule is CCCC(=O)NCc1cccc(O)c1. The second kappa shape index (κ2) is 5.27. The second-order valence-corrected chi connectivity index (χ2v) is 3.20. The third-order valence-electron chi connectivity index (χ3n) is 1.88. The Morgan fingerprint density at radius 2 is 2.29 bits per heavy atom. The molecule has 0 atom stereocenters. The molecule has 0 unspecified atom stereocenters. The molecular weight excluding hydrogens is 178 g/mol. The van der Waals surface area contributed by atoms with Crippen molar-refractivity contribution >= 4 is 5.91 Å². The largest absolute Gasteiger partial charge is 0.508 e. The summed E-state index contributed by atoms with van der Waals surface area (Å²) in [6.07, 6.45) is 1.41. The van der Waals surface area contributed by atoms with Crippen LogP contribution < -0.4 is 5.32 Å². The molecule has 1 amide bonds. The van der Waals surface area contributed by atoms with Crippen molar-refractivity contribution in [3.8, 4) is 5.75 Å². The van der Waals surface area contributed by atoms with E-state index in [1.165, 1.54) is 0 Å². The van der Waals surface area contributed by atoms with Gasteiger partial charge < -0.3 is 10.4 Å². The maximum Gasteiger partial charge on any atom is 0.220 e. The van der Waals surface area contributed by atoms with Crippen LogP contribution >= 0.6 is 0 Å². The molecule has 1 aromatic carbocycles. The first-order valence-corrected chi connectivity index (χ1v) is 4.77. The molecule has 2 N–H and O–H groups in total. The van der Waals surface area contributed by atoms with Gasteiger partial charge in [0.1, 0.15) is 5.75 Å². The van der Waals surface area contributed by atoms with Crippen LogP contribution in [0.25, 0.3) is 0 Å². The van der Waals surface area contributed by atoms with Gasteiger partial charge in [-0.05, 0) is 24.1 Å². The highest BCUT2D eigenvalue weighted by atomic mass is 16.3. The number of carbonyl (C=O) groups excluding carboxylic acids is 1. The summed E-state index contributed by atoms with van der Waals surface area (Å²) in [5.74, 6) is 0.281. The molecule has 0 spiro atoms. The van der Waals surface area contributed by atoms with Crippen LogP contribution in [0, 0.1) is 0 Å². The summed E-state index contributed by atoms with van der Waals surface area (Å²) in [6, 6.07) is 6.88. The summed E-state index contributed by atoms with van der Waals surface area (Å²) < 4.78 is 0. The standard InChI is InChI=1S/C11H15NO2/c1-2-4-11(14)12-8-9-5-3-6-10(13)7-9/h3,5-7,13H,2,4,8H2,1H3,(H,12,14). The predicted molar refractivity (Wildman–Crippen MR) is 54.9 cm³/mol. The van der Waals surface area contributed by atoms with Gasteiger partial charge in [-0.1, -0.05) is 19.1 Å². The predicted octanol–water partition coefficient (Wildman–Crippen LogP) is 1.81. The monoisotopic (exact) mass is 193 g/mol. The molecule has 0 aliphatic heterocycles. The Morgan fingerprint density at radius 3 is 2.93 bits per heavy atom. The topological polar surface area (TPSA) is 49.3 Å². The van der Waals surface area contributed by atoms with Crippen molar-refractivity contribution < 1.29 is 9.90 Å². The highest BCUT2D eigenvalue weighted by molar-refractivity contribution is 5.75. The van der Waals surface area contributed by atoms with Crippen LogP contribution in [-0.2, 0) is 11.3 Å². The number of benzene rings is 1. The molecule has 0 fully saturated rings. The van der Waals surface area contributed by atoms with Gasteiger partial charge in [-0.2, -0.15) is 0 Å². The third kappa shape index (κ3) is 3.47. The summed E-state index contributed by atoms with van der Waals surface area (Å²) >= 11 is 0. The number of phenolic OH excluding ortho intramolecular Hbond substituents is 1. The van der Waals surface area contributed by atoms with E-state index in [1.54, 1.807) is 18.2 Å². The number of hydrogen-bond acceptors (Lipinski definition) is 2. The molecule has 0 aliphatic carbocycles. The number of nitrogens with one attached hydrogen (secondary N) is 1. The van der Waals surface area contributed by atoms with E-state index in [-0.39, 0.29) is 11.7 Å². The molecule has 0 bridgehead atoms. The van der Waals surface area contributed by atoms with E-state index in [4.69, 9.17) is 5.11 Å². The average Bonchev–Trinajstić information content (AvgIpc) is 2.15. The molecule has 0 aromatic heterocycles. The number of phenols is 1. The van der Waals surface area contributed by atoms with Gasteiger partial charge in [-0.15, -0.1) is 0 Å². The van der Waals surface area contributed by atoms with Gasteiger partial charge in [0.15, 0.2) is 0 Å². The Bertz CT molecular complexity index is 310. The Morgan fingerprint density at radius 1 is 1.50 bits per heavy atom. The second-order valence-electron chi connectivity index (χ2n) is 3.20. The molecule has 76 valence electrons. The number of hydrogen-bond donors (Lipinski definition) is 2. The van der Waals surface area contributed by atoms with Gasteiger partial charge in [0, 0.05) is 13.0 Å². The summed E-state index contributed by atoms with van der Waals surface area (Å²) in [4.78, 5) is 11.1. The molecule has 14 heavy (non-hydrogen) atoms. The molecule has 0 aliphatic rings. The van der Waals surface area contributed by atoms with Crippen molar-refractivity contribution in [2.24, 2.45) is 0 Å². The molecule has 3 heteroatoms. The van der Waals surface area contributed by atoms with Gasteiger partial charge >= 0.3 is 0 Å². The van der Waals surface area contributed by atoms with Crippen LogP contribution in [0.15, 0.2) is 24.3 Å². The number of amides is 1. The van der Waals surface area contributed by atoms with Crippen LogP contribution in [0.2, 0.25) is 0 Å². The molecule has 1 rings (SSSR count). The van der Waals surface area contributed by atoms with Crippen molar-refractivity contribution in [1.29, 1.82) is 0 Å². The van der Waals surface area contributed by atoms with Crippen molar-refractivity contribution in [3.63, 3.8) is 0 Å². The first-order chi connectivity index (χ1) is 6.72. The van der Waals surface area contributed by atoms with Crippen LogP contribution in [-0.4, -0.2) is 11.0 Å². The van der Waals surface area contributed by atoms with Crippen molar-refractivity contribution in [3.05, 3.63) is 29.8 Å². The zero-order valence-corrected chi connectivity index (χ0v) is 8.29. The fourth-order valence-corrected chi connectivity index (χ4v) is 1.18. The van der Waals surface area contributed by atoms with Gasteiger partial charge in [-0.3, -0.25) is 4.79 Å². The Hall–Kier alpha value is -1.51. The highest BCUT2D eigenvalue weighted by Crippen LogP contribution is 2.10. The maximum absolute atomic E-state index is 11.1. The van der Waals surface area contributed by atoms with E-state index in [2.05, 4.69) is 5.32 Å². The van der Waals surface area contributed by atoms with E-state index < -0.39 is 0 Å². The molecule has 1 aromatic rings. The fraction of sp³-hybridized carbons (Fsp3) is 0.364. The van der Waals surface area contributed by atoms with E-state index in [0.717, 1.165) is 12.0 Å². The van der Waals surface area contributed by atoms with Gasteiger partial charge in [0.2, 0.25) is 5.91 Å². The molecule has 0 saturated carbocycles. The Labute approximate surface area is 83.8 Å². The lowest BCUT2D eigenvalue weighted by atomic mass is 10.2. The van der Waals surface area contributed by atoms with E-state index in [0.29, 0.717) is 13.0 Å². The third-order valence-corrected chi connectivity index (χ3v) is 1.88. The van der Waals surface area contributed by atoms with Gasteiger partial charge in [0.05, 0.1) is 0 Å². The molecular formula is C11H15NO2. The number of carbonyl (C=O) groups is 1. The summed E-state index contributed by atoms with van der Waals surface area (Å²) in [6.45, 7) is 2.45. The minimum absolute atomic E-state index is 0.0517. The minimum Gasteiger partial charge on any atom is -0.508 e. The molecule has 0 radical (unpaired) electrons. The fourth-order valence-electron chi connectivity index (χ4n) is 1.18. The Kier molecular flexibility index (Phi) is 3.98. The van der Waals surface area contributed by atoms with Crippen LogP contribution in [0.1, 0.15) is 25.3 Å². The number of aromatic hydroxyl groups is 1. The van der Waals surface area contributed by atoms with Crippen molar-refractivity contribution in [2.75, 3.05) is 0 Å². The molecule has 0 saturated heterocycles. The van der Waals surface area contributed by atoms with Crippen LogP contribution in [0.5, 0.6) is 5.75 Å². The quantitative estimate of drug-likeness (QED) is 0.766. The normalized spacial score (nSPS) is 9.79. The highest BCUT2D eigenvalue weighted by Gasteiger charge is 1.99. The average molecular weight is 193 g/mol. The lowest BCUT2D eigenvalue weighted by Gasteiger charge is -2.04. The molecule has 3 nitrogen and oxygen atoms in total. The van der Waals surface area contributed by atoms with E-state index in [1.807, 2.05) is 13.0 Å². The van der Waals surface area contributed by atoms with E-state index >= 15 is 0 Å². The smallest absolute Gasteiger partial charge is 0.220 e. The number of rotatable bonds is 4. The zero-order chi connectivity index (χ0) is 10.4. The lowest BCUT2D eigenvalue weighted by molar-refractivity contribution is -0.121. The summed E-state index contributed by atoms with van der Waals surface area (Å²) in [5, 5.41) is 11.9. The minimum atomic E-state index is 0.0517. The summed E-state index contributed by atoms with van der Waals surface area (Å²) in [5.41, 5.74) is 0.912. The van der Waals surface area contributed by atoms with Crippen molar-refractivity contribution in [2.45, 2.75) is 26.3 Å². The zero-order valence-electron chi connectivity index (χ0n) is 8.29. The maximum atomic E-state index is 11.1. The van der Waals surface area contributed by atoms with Crippen LogP contribution in [0.4, 0.5) is 0 Å². The van der Waals surface area contributed by atoms with Crippen molar-refractivity contribution in [1.82, 2.24) is 5.32 Å².